The van der Waals surface area contributed by atoms with Crippen molar-refractivity contribution in [1.29, 1.82) is 0 Å². The van der Waals surface area contributed by atoms with Crippen LogP contribution in [0, 0.1) is 0 Å². The molecule has 136 valence electrons. The van der Waals surface area contributed by atoms with Crippen molar-refractivity contribution in [3.8, 4) is 0 Å². The monoisotopic (exact) mass is 345 g/mol. The molecule has 6 heteroatoms. The van der Waals surface area contributed by atoms with Crippen molar-refractivity contribution in [2.75, 3.05) is 46.8 Å². The normalized spacial score (nSPS) is 24.9. The Bertz CT molecular complexity index is 626. The van der Waals surface area contributed by atoms with Crippen LogP contribution < -0.4 is 0 Å². The Hall–Kier alpha value is -1.92. The Morgan fingerprint density at radius 3 is 2.28 bits per heavy atom. The van der Waals surface area contributed by atoms with Gasteiger partial charge in [0.2, 0.25) is 5.91 Å². The van der Waals surface area contributed by atoms with Gasteiger partial charge in [-0.05, 0) is 45.6 Å². The number of carboxylic acids is 1. The summed E-state index contributed by atoms with van der Waals surface area (Å²) >= 11 is 0. The summed E-state index contributed by atoms with van der Waals surface area (Å²) < 4.78 is 0. The molecule has 0 radical (unpaired) electrons. The molecule has 1 aromatic rings. The van der Waals surface area contributed by atoms with Crippen LogP contribution in [0.1, 0.15) is 18.4 Å². The second-order valence-corrected chi connectivity index (χ2v) is 7.34. The molecule has 0 spiro atoms. The first-order valence-corrected chi connectivity index (χ1v) is 8.90. The molecular weight excluding hydrogens is 318 g/mol. The third-order valence-electron chi connectivity index (χ3n) is 5.80. The maximum absolute atomic E-state index is 13.6. The van der Waals surface area contributed by atoms with Gasteiger partial charge in [0, 0.05) is 19.6 Å². The van der Waals surface area contributed by atoms with Crippen LogP contribution in [0.15, 0.2) is 30.3 Å². The molecule has 2 fully saturated rings. The Morgan fingerprint density at radius 2 is 1.68 bits per heavy atom. The molecule has 25 heavy (non-hydrogen) atoms. The largest absolute Gasteiger partial charge is 0.480 e. The van der Waals surface area contributed by atoms with Gasteiger partial charge in [-0.2, -0.15) is 0 Å². The number of piperidine rings is 1. The summed E-state index contributed by atoms with van der Waals surface area (Å²) in [5.41, 5.74) is 0.520. The highest BCUT2D eigenvalue weighted by Gasteiger charge is 2.46. The first-order chi connectivity index (χ1) is 11.9. The number of carbonyl (C=O) groups is 2. The van der Waals surface area contributed by atoms with E-state index in [-0.39, 0.29) is 12.5 Å². The summed E-state index contributed by atoms with van der Waals surface area (Å²) in [4.78, 5) is 30.9. The number of nitrogens with zero attached hydrogens (tertiary/aromatic N) is 3. The van der Waals surface area contributed by atoms with Gasteiger partial charge in [0.1, 0.15) is 6.04 Å². The SMILES string of the molecule is CN1CCC(C(=O)N2CCN(C)[C@H](C(=O)O)C2)(c2ccccc2)CC1. The van der Waals surface area contributed by atoms with Gasteiger partial charge in [0.05, 0.1) is 5.41 Å². The van der Waals surface area contributed by atoms with Crippen LogP contribution in [0.3, 0.4) is 0 Å². The number of likely N-dealkylation sites (tertiary alicyclic amines) is 1. The summed E-state index contributed by atoms with van der Waals surface area (Å²) in [5, 5.41) is 9.45. The number of carbonyl (C=O) groups excluding carboxylic acids is 1. The summed E-state index contributed by atoms with van der Waals surface area (Å²) in [6.07, 6.45) is 1.55. The van der Waals surface area contributed by atoms with Gasteiger partial charge >= 0.3 is 5.97 Å². The predicted octanol–water partition coefficient (Wildman–Crippen LogP) is 0.877. The Balaban J connectivity index is 1.89. The van der Waals surface area contributed by atoms with Crippen LogP contribution in [0.2, 0.25) is 0 Å². The molecule has 0 aromatic heterocycles. The average molecular weight is 345 g/mol. The predicted molar refractivity (Wildman–Crippen MR) is 95.5 cm³/mol. The highest BCUT2D eigenvalue weighted by molar-refractivity contribution is 5.89. The number of hydrogen-bond donors (Lipinski definition) is 1. The van der Waals surface area contributed by atoms with Crippen LogP contribution in [0.25, 0.3) is 0 Å². The molecule has 1 aromatic carbocycles. The van der Waals surface area contributed by atoms with E-state index in [1.54, 1.807) is 4.90 Å². The molecule has 2 aliphatic heterocycles. The molecule has 0 saturated carbocycles. The highest BCUT2D eigenvalue weighted by atomic mass is 16.4. The minimum Gasteiger partial charge on any atom is -0.480 e. The molecule has 2 aliphatic rings. The number of likely N-dealkylation sites (N-methyl/N-ethyl adjacent to an activating group) is 1. The fourth-order valence-corrected chi connectivity index (χ4v) is 4.01. The second kappa shape index (κ2) is 7.14. The van der Waals surface area contributed by atoms with E-state index in [4.69, 9.17) is 0 Å². The van der Waals surface area contributed by atoms with Crippen molar-refractivity contribution in [3.05, 3.63) is 35.9 Å². The molecule has 0 bridgehead atoms. The molecule has 0 unspecified atom stereocenters. The van der Waals surface area contributed by atoms with Gasteiger partial charge < -0.3 is 14.9 Å². The first-order valence-electron chi connectivity index (χ1n) is 8.90. The van der Waals surface area contributed by atoms with Crippen LogP contribution in [0.5, 0.6) is 0 Å². The number of benzene rings is 1. The fraction of sp³-hybridized carbons (Fsp3) is 0.579. The van der Waals surface area contributed by atoms with Crippen LogP contribution in [0.4, 0.5) is 0 Å². The molecule has 6 nitrogen and oxygen atoms in total. The molecule has 2 saturated heterocycles. The minimum atomic E-state index is -0.864. The average Bonchev–Trinajstić information content (AvgIpc) is 2.63. The van der Waals surface area contributed by atoms with E-state index < -0.39 is 17.4 Å². The highest BCUT2D eigenvalue weighted by Crippen LogP contribution is 2.37. The Morgan fingerprint density at radius 1 is 1.04 bits per heavy atom. The standard InChI is InChI=1S/C19H27N3O3/c1-20-10-8-19(9-11-20,15-6-4-3-5-7-15)18(25)22-13-12-21(2)16(14-22)17(23)24/h3-7,16H,8-14H2,1-2H3,(H,23,24)/t16-/m0/s1. The van der Waals surface area contributed by atoms with E-state index in [0.717, 1.165) is 31.5 Å². The molecule has 2 heterocycles. The van der Waals surface area contributed by atoms with Crippen molar-refractivity contribution in [3.63, 3.8) is 0 Å². The maximum Gasteiger partial charge on any atom is 0.322 e. The number of amides is 1. The lowest BCUT2D eigenvalue weighted by Gasteiger charge is -2.45. The van der Waals surface area contributed by atoms with E-state index in [0.29, 0.717) is 13.1 Å². The molecule has 1 amide bonds. The van der Waals surface area contributed by atoms with Crippen LogP contribution >= 0.6 is 0 Å². The number of piperazine rings is 1. The summed E-state index contributed by atoms with van der Waals surface area (Å²) in [6, 6.07) is 9.37. The summed E-state index contributed by atoms with van der Waals surface area (Å²) in [7, 11) is 3.89. The van der Waals surface area contributed by atoms with Gasteiger partial charge in [-0.15, -0.1) is 0 Å². The van der Waals surface area contributed by atoms with Crippen molar-refractivity contribution in [2.45, 2.75) is 24.3 Å². The summed E-state index contributed by atoms with van der Waals surface area (Å²) in [6.45, 7) is 3.18. The third kappa shape index (κ3) is 3.41. The van der Waals surface area contributed by atoms with Crippen molar-refractivity contribution >= 4 is 11.9 Å². The number of hydrogen-bond acceptors (Lipinski definition) is 4. The summed E-state index contributed by atoms with van der Waals surface area (Å²) in [5.74, 6) is -0.775. The van der Waals surface area contributed by atoms with Gasteiger partial charge in [0.25, 0.3) is 0 Å². The molecule has 0 aliphatic carbocycles. The van der Waals surface area contributed by atoms with Gasteiger partial charge in [-0.3, -0.25) is 14.5 Å². The number of aliphatic carboxylic acids is 1. The lowest BCUT2D eigenvalue weighted by atomic mass is 9.71. The van der Waals surface area contributed by atoms with E-state index in [9.17, 15) is 14.7 Å². The van der Waals surface area contributed by atoms with Crippen molar-refractivity contribution < 1.29 is 14.7 Å². The lowest BCUT2D eigenvalue weighted by Crippen LogP contribution is -2.61. The minimum absolute atomic E-state index is 0.0890. The quantitative estimate of drug-likeness (QED) is 0.881. The van der Waals surface area contributed by atoms with Crippen molar-refractivity contribution in [2.24, 2.45) is 0 Å². The van der Waals surface area contributed by atoms with Gasteiger partial charge in [-0.1, -0.05) is 30.3 Å². The van der Waals surface area contributed by atoms with E-state index in [1.165, 1.54) is 0 Å². The number of carboxylic acid groups (broad SMARTS) is 1. The first kappa shape index (κ1) is 17.9. The zero-order valence-electron chi connectivity index (χ0n) is 15.0. The zero-order valence-corrected chi connectivity index (χ0v) is 15.0. The third-order valence-corrected chi connectivity index (χ3v) is 5.80. The number of rotatable bonds is 3. The van der Waals surface area contributed by atoms with Crippen LogP contribution in [-0.2, 0) is 15.0 Å². The molecular formula is C19H27N3O3. The van der Waals surface area contributed by atoms with Gasteiger partial charge in [0.15, 0.2) is 0 Å². The lowest BCUT2D eigenvalue weighted by molar-refractivity contribution is -0.150. The zero-order chi connectivity index (χ0) is 18.0. The van der Waals surface area contributed by atoms with E-state index in [1.807, 2.05) is 42.3 Å². The maximum atomic E-state index is 13.6. The smallest absolute Gasteiger partial charge is 0.322 e. The molecule has 1 atom stereocenters. The Kier molecular flexibility index (Phi) is 5.11. The topological polar surface area (TPSA) is 64.1 Å². The fourth-order valence-electron chi connectivity index (χ4n) is 4.01. The molecule has 3 rings (SSSR count). The van der Waals surface area contributed by atoms with Gasteiger partial charge in [-0.25, -0.2) is 0 Å². The van der Waals surface area contributed by atoms with E-state index in [2.05, 4.69) is 11.9 Å². The Labute approximate surface area is 149 Å². The van der Waals surface area contributed by atoms with E-state index >= 15 is 0 Å². The molecule has 1 N–H and O–H groups in total. The van der Waals surface area contributed by atoms with Crippen LogP contribution in [-0.4, -0.2) is 84.5 Å². The van der Waals surface area contributed by atoms with Crippen molar-refractivity contribution in [1.82, 2.24) is 14.7 Å². The second-order valence-electron chi connectivity index (χ2n) is 7.34.